The number of aliphatic hydroxyl groups excluding tert-OH is 1. The summed E-state index contributed by atoms with van der Waals surface area (Å²) in [5.74, 6) is -2.70. The first kappa shape index (κ1) is 44.1. The summed E-state index contributed by atoms with van der Waals surface area (Å²) in [5.41, 5.74) is 2.27. The Morgan fingerprint density at radius 2 is 1.57 bits per heavy atom. The number of aliphatic hydroxyl groups is 1. The van der Waals surface area contributed by atoms with E-state index in [-0.39, 0.29) is 85.0 Å². The Bertz CT molecular complexity index is 1230. The van der Waals surface area contributed by atoms with Crippen molar-refractivity contribution >= 4 is 18.6 Å². The minimum atomic E-state index is -5.56. The third-order valence-electron chi connectivity index (χ3n) is 10.8. The Kier molecular flexibility index (Phi) is 17.5. The first-order valence-electron chi connectivity index (χ1n) is 16.4. The van der Waals surface area contributed by atoms with Gasteiger partial charge in [-0.25, -0.2) is 4.57 Å². The molecule has 0 radical (unpaired) electrons. The Hall–Kier alpha value is 0.930. The Balaban J connectivity index is 0.00000576. The van der Waals surface area contributed by atoms with Gasteiger partial charge in [0.1, 0.15) is 5.75 Å². The Morgan fingerprint density at radius 1 is 0.957 bits per heavy atom. The molecule has 4 rings (SSSR count). The van der Waals surface area contributed by atoms with E-state index in [1.165, 1.54) is 5.56 Å². The van der Waals surface area contributed by atoms with Crippen LogP contribution in [0.15, 0.2) is 18.2 Å². The van der Waals surface area contributed by atoms with Gasteiger partial charge >= 0.3 is 79.0 Å². The number of rotatable bonds is 16. The molecule has 15 heteroatoms. The average molecular weight is 735 g/mol. The van der Waals surface area contributed by atoms with Gasteiger partial charge in [0.05, 0.1) is 6.10 Å². The molecule has 262 valence electrons. The van der Waals surface area contributed by atoms with Crippen molar-refractivity contribution in [1.82, 2.24) is 0 Å². The number of unbranched alkanes of at least 4 members (excludes halogenated alkanes) is 6. The van der Waals surface area contributed by atoms with Crippen molar-refractivity contribution in [3.8, 4) is 5.75 Å². The molecule has 1 aromatic rings. The monoisotopic (exact) mass is 734 g/mol. The molecule has 3 aliphatic rings. The second-order valence-corrected chi connectivity index (χ2v) is 16.6. The van der Waals surface area contributed by atoms with E-state index in [1.807, 2.05) is 6.07 Å². The van der Waals surface area contributed by atoms with Crippen molar-refractivity contribution in [2.24, 2.45) is 23.2 Å². The number of phosphoric ester groups is 1. The summed E-state index contributed by atoms with van der Waals surface area (Å²) in [5, 5.41) is 10.9. The molecule has 3 aliphatic carbocycles. The predicted octanol–water partition coefficient (Wildman–Crippen LogP) is 2.68. The van der Waals surface area contributed by atoms with E-state index in [0.717, 1.165) is 82.6 Å². The number of hydrogen-bond acceptors (Lipinski definition) is 4. The van der Waals surface area contributed by atoms with Crippen LogP contribution in [0.4, 0.5) is 22.0 Å². The molecule has 0 saturated heterocycles. The van der Waals surface area contributed by atoms with E-state index in [4.69, 9.17) is 4.52 Å². The molecular weight excluding hydrogens is 684 g/mol. The maximum atomic E-state index is 13.0. The fourth-order valence-electron chi connectivity index (χ4n) is 8.47. The van der Waals surface area contributed by atoms with Gasteiger partial charge in [-0.05, 0) is 104 Å². The summed E-state index contributed by atoms with van der Waals surface area (Å²) >= 11 is 0. The van der Waals surface area contributed by atoms with Crippen LogP contribution in [-0.2, 0) is 21.8 Å². The van der Waals surface area contributed by atoms with Gasteiger partial charge in [-0.15, -0.1) is 0 Å². The summed E-state index contributed by atoms with van der Waals surface area (Å²) in [6.45, 7) is 2.25. The van der Waals surface area contributed by atoms with Crippen LogP contribution in [-0.4, -0.2) is 48.8 Å². The molecule has 0 aromatic heterocycles. The van der Waals surface area contributed by atoms with E-state index in [2.05, 4.69) is 6.92 Å². The Labute approximate surface area is 325 Å². The van der Waals surface area contributed by atoms with Gasteiger partial charge < -0.3 is 12.5 Å². The minimum Gasteiger partial charge on any atom is -1.00 e. The molecule has 2 fully saturated rings. The molecule has 6 nitrogen and oxygen atoms in total. The molecule has 0 spiro atoms. The van der Waals surface area contributed by atoms with E-state index in [9.17, 15) is 45.6 Å². The van der Waals surface area contributed by atoms with E-state index in [1.54, 1.807) is 12.1 Å². The zero-order chi connectivity index (χ0) is 33.0. The van der Waals surface area contributed by atoms with E-state index in [0.29, 0.717) is 35.8 Å². The van der Waals surface area contributed by atoms with Crippen LogP contribution in [0.2, 0.25) is 0 Å². The van der Waals surface area contributed by atoms with Gasteiger partial charge in [-0.2, -0.15) is 22.0 Å². The number of hydrogen-bond donors (Lipinski definition) is 3. The normalized spacial score (nSPS) is 27.9. The summed E-state index contributed by atoms with van der Waals surface area (Å²) in [6.07, 6.45) is 4.72. The molecule has 47 heavy (non-hydrogen) atoms. The van der Waals surface area contributed by atoms with Crippen LogP contribution in [0.5, 0.6) is 5.75 Å². The van der Waals surface area contributed by atoms with Crippen molar-refractivity contribution < 1.29 is 112 Å². The van der Waals surface area contributed by atoms with Crippen LogP contribution in [0.25, 0.3) is 0 Å². The molecule has 7 atom stereocenters. The number of halogens is 5. The van der Waals surface area contributed by atoms with Gasteiger partial charge in [-0.1, -0.05) is 51.5 Å². The van der Waals surface area contributed by atoms with Crippen LogP contribution < -0.4 is 63.6 Å². The van der Waals surface area contributed by atoms with Gasteiger partial charge in [0.2, 0.25) is 0 Å². The van der Waals surface area contributed by atoms with E-state index < -0.39 is 43.6 Å². The van der Waals surface area contributed by atoms with Crippen molar-refractivity contribution in [2.75, 3.05) is 11.5 Å². The zero-order valence-corrected chi connectivity index (χ0v) is 33.7. The van der Waals surface area contributed by atoms with Crippen molar-refractivity contribution in [3.63, 3.8) is 0 Å². The second kappa shape index (κ2) is 18.6. The quantitative estimate of drug-likeness (QED) is 0.105. The van der Waals surface area contributed by atoms with Gasteiger partial charge in [-0.3, -0.25) is 14.0 Å². The zero-order valence-electron chi connectivity index (χ0n) is 30.0. The molecule has 1 unspecified atom stereocenters. The maximum Gasteiger partial charge on any atom is 1.00 e. The van der Waals surface area contributed by atoms with Crippen molar-refractivity contribution in [3.05, 3.63) is 29.3 Å². The SMILES string of the molecule is C[C@]12CC[C@@H]3c4ccc(OP(=O)(O)O)cc4C[C@@H](CCCCCCCCCS(=O)CCCC(F)(F)C(F)(F)F)[C@H]3[C@@H]1CC[C@@H]2O.[H-].[H-].[Na+].[Na+]. The van der Waals surface area contributed by atoms with Crippen LogP contribution in [0, 0.1) is 23.2 Å². The number of benzene rings is 1. The first-order valence-corrected chi connectivity index (χ1v) is 19.4. The van der Waals surface area contributed by atoms with Gasteiger partial charge in [0.25, 0.3) is 0 Å². The molecule has 2 saturated carbocycles. The fourth-order valence-corrected chi connectivity index (χ4v) is 10.1. The third-order valence-corrected chi connectivity index (χ3v) is 12.7. The number of phosphoric acid groups is 1. The van der Waals surface area contributed by atoms with Crippen molar-refractivity contribution in [2.45, 2.75) is 127 Å². The van der Waals surface area contributed by atoms with Crippen LogP contribution in [0.3, 0.4) is 0 Å². The standard InChI is InChI=1S/C32H48F5O6PS.2Na.2H/c1-30-17-15-26-25-12-11-24(43-44(39,40)41)21-23(25)20-22(29(26)27(30)13-14-28(30)38)10-7-5-3-2-4-6-8-18-45(42)19-9-16-31(33,34)32(35,36)37;;;;/h11-12,21-22,26-29,38H,2-10,13-20H2,1H3,(H2,39,40,41);;;;/q;2*+1;2*-1/t22-,26-,27+,28+,29-,30+,45?;;;;/m1..../s1. The Morgan fingerprint density at radius 3 is 2.21 bits per heavy atom. The fraction of sp³-hybridized carbons (Fsp3) is 0.812. The third kappa shape index (κ3) is 11.7. The second-order valence-electron chi connectivity index (χ2n) is 13.8. The van der Waals surface area contributed by atoms with Gasteiger partial charge in [0, 0.05) is 28.7 Å². The molecular formula is C32H50F5Na2O6PS. The summed E-state index contributed by atoms with van der Waals surface area (Å²) in [7, 11) is -6.05. The average Bonchev–Trinajstić information content (AvgIpc) is 3.24. The smallest absolute Gasteiger partial charge is 1.00 e. The maximum absolute atomic E-state index is 13.0. The molecule has 0 amide bonds. The van der Waals surface area contributed by atoms with Crippen molar-refractivity contribution in [1.29, 1.82) is 0 Å². The topological polar surface area (TPSA) is 104 Å². The molecule has 0 heterocycles. The molecule has 3 N–H and O–H groups in total. The summed E-state index contributed by atoms with van der Waals surface area (Å²) in [6, 6.07) is 5.42. The van der Waals surface area contributed by atoms with Crippen LogP contribution >= 0.6 is 7.82 Å². The van der Waals surface area contributed by atoms with Gasteiger partial charge in [0.15, 0.2) is 0 Å². The summed E-state index contributed by atoms with van der Waals surface area (Å²) in [4.78, 5) is 18.6. The molecule has 0 aliphatic heterocycles. The van der Waals surface area contributed by atoms with Crippen LogP contribution in [0.1, 0.15) is 117 Å². The largest absolute Gasteiger partial charge is 1.00 e. The summed E-state index contributed by atoms with van der Waals surface area (Å²) < 4.78 is 91.0. The molecule has 0 bridgehead atoms. The molecule has 1 aromatic carbocycles. The van der Waals surface area contributed by atoms with E-state index >= 15 is 0 Å². The number of fused-ring (bicyclic) bond motifs is 5. The first-order chi connectivity index (χ1) is 21.0. The predicted molar refractivity (Wildman–Crippen MR) is 166 cm³/mol. The number of alkyl halides is 5. The minimum absolute atomic E-state index is 0.